The fraction of sp³-hybridized carbons (Fsp3) is 0.364. The molecule has 0 radical (unpaired) electrons. The highest BCUT2D eigenvalue weighted by Crippen LogP contribution is 2.26. The topological polar surface area (TPSA) is 105 Å². The molecule has 2 N–H and O–H groups in total. The monoisotopic (exact) mass is 395 g/mol. The summed E-state index contributed by atoms with van der Waals surface area (Å²) in [5.74, 6) is 0.0526. The van der Waals surface area contributed by atoms with Crippen LogP contribution in [0.5, 0.6) is 0 Å². The van der Waals surface area contributed by atoms with Gasteiger partial charge in [0.1, 0.15) is 0 Å². The van der Waals surface area contributed by atoms with Crippen LogP contribution in [0.15, 0.2) is 47.0 Å². The lowest BCUT2D eigenvalue weighted by Crippen LogP contribution is -2.30. The molecule has 152 valence electrons. The van der Waals surface area contributed by atoms with Crippen molar-refractivity contribution in [3.8, 4) is 0 Å². The van der Waals surface area contributed by atoms with Gasteiger partial charge in [-0.3, -0.25) is 9.59 Å². The smallest absolute Gasteiger partial charge is 0.305 e. The summed E-state index contributed by atoms with van der Waals surface area (Å²) in [6.45, 7) is 2.05. The van der Waals surface area contributed by atoms with E-state index in [1.807, 2.05) is 49.4 Å². The summed E-state index contributed by atoms with van der Waals surface area (Å²) in [4.78, 5) is 28.1. The molecule has 3 aromatic rings. The van der Waals surface area contributed by atoms with Crippen LogP contribution in [0.1, 0.15) is 55.9 Å². The predicted molar refractivity (Wildman–Crippen MR) is 108 cm³/mol. The average Bonchev–Trinajstić information content (AvgIpc) is 3.14. The molecule has 7 heteroatoms. The van der Waals surface area contributed by atoms with E-state index < -0.39 is 12.0 Å². The van der Waals surface area contributed by atoms with Gasteiger partial charge in [0.15, 0.2) is 5.82 Å². The number of carbonyl (C=O) groups excluding carboxylic acids is 1. The number of carboxylic acid groups (broad SMARTS) is 1. The number of nitrogens with zero attached hydrogens (tertiary/aromatic N) is 2. The van der Waals surface area contributed by atoms with Crippen molar-refractivity contribution in [3.05, 3.63) is 59.7 Å². The quantitative estimate of drug-likeness (QED) is 0.540. The van der Waals surface area contributed by atoms with Gasteiger partial charge in [-0.1, -0.05) is 54.5 Å². The van der Waals surface area contributed by atoms with Crippen LogP contribution in [0.4, 0.5) is 0 Å². The van der Waals surface area contributed by atoms with E-state index in [0.29, 0.717) is 24.6 Å². The summed E-state index contributed by atoms with van der Waals surface area (Å²) in [6, 6.07) is 12.9. The third-order valence-corrected chi connectivity index (χ3v) is 4.69. The van der Waals surface area contributed by atoms with Gasteiger partial charge >= 0.3 is 5.97 Å². The van der Waals surface area contributed by atoms with Crippen molar-refractivity contribution < 1.29 is 19.2 Å². The summed E-state index contributed by atoms with van der Waals surface area (Å²) in [5, 5.41) is 18.1. The zero-order valence-electron chi connectivity index (χ0n) is 16.4. The molecule has 1 heterocycles. The number of hydrogen-bond acceptors (Lipinski definition) is 5. The van der Waals surface area contributed by atoms with Crippen LogP contribution >= 0.6 is 0 Å². The van der Waals surface area contributed by atoms with Gasteiger partial charge in [0, 0.05) is 19.3 Å². The molecule has 0 unspecified atom stereocenters. The SMILES string of the molecule is CCCc1noc(CCCC(=O)N[C@H](CC(=O)O)c2cccc3ccccc23)n1. The molecule has 0 spiro atoms. The third-order valence-electron chi connectivity index (χ3n) is 4.69. The lowest BCUT2D eigenvalue weighted by Gasteiger charge is -2.19. The Balaban J connectivity index is 1.63. The van der Waals surface area contributed by atoms with Gasteiger partial charge in [-0.05, 0) is 29.2 Å². The molecule has 0 bridgehead atoms. The molecule has 0 aliphatic rings. The van der Waals surface area contributed by atoms with Gasteiger partial charge in [0.2, 0.25) is 11.8 Å². The zero-order chi connectivity index (χ0) is 20.6. The highest BCUT2D eigenvalue weighted by molar-refractivity contribution is 5.87. The second kappa shape index (κ2) is 9.82. The lowest BCUT2D eigenvalue weighted by atomic mass is 9.96. The second-order valence-corrected chi connectivity index (χ2v) is 6.99. The number of hydrogen-bond donors (Lipinski definition) is 2. The summed E-state index contributed by atoms with van der Waals surface area (Å²) >= 11 is 0. The highest BCUT2D eigenvalue weighted by Gasteiger charge is 2.20. The van der Waals surface area contributed by atoms with Gasteiger partial charge in [-0.2, -0.15) is 4.98 Å². The minimum absolute atomic E-state index is 0.177. The zero-order valence-corrected chi connectivity index (χ0v) is 16.4. The molecule has 7 nitrogen and oxygen atoms in total. The highest BCUT2D eigenvalue weighted by atomic mass is 16.5. The standard InChI is InChI=1S/C22H25N3O4/c1-2-7-19-24-21(29-25-19)13-6-12-20(26)23-18(14-22(27)28)17-11-5-9-15-8-3-4-10-16(15)17/h3-5,8-11,18H,2,6-7,12-14H2,1H3,(H,23,26)(H,27,28)/t18-/m1/s1. The average molecular weight is 395 g/mol. The van der Waals surface area contributed by atoms with Crippen LogP contribution in [0.3, 0.4) is 0 Å². The number of carbonyl (C=O) groups is 2. The second-order valence-electron chi connectivity index (χ2n) is 6.99. The summed E-state index contributed by atoms with van der Waals surface area (Å²) in [5.41, 5.74) is 0.806. The van der Waals surface area contributed by atoms with Crippen LogP contribution in [0.25, 0.3) is 10.8 Å². The Labute approximate surface area is 169 Å². The van der Waals surface area contributed by atoms with E-state index in [0.717, 1.165) is 29.2 Å². The molecule has 1 amide bonds. The van der Waals surface area contributed by atoms with E-state index in [1.165, 1.54) is 0 Å². The molecule has 1 aromatic heterocycles. The summed E-state index contributed by atoms with van der Waals surface area (Å²) < 4.78 is 5.18. The number of benzene rings is 2. The molecule has 0 aliphatic heterocycles. The number of aryl methyl sites for hydroxylation is 2. The van der Waals surface area contributed by atoms with Crippen molar-refractivity contribution >= 4 is 22.6 Å². The van der Waals surface area contributed by atoms with Crippen molar-refractivity contribution in [1.82, 2.24) is 15.5 Å². The number of aliphatic carboxylic acids is 1. The maximum atomic E-state index is 12.5. The Morgan fingerprint density at radius 3 is 2.72 bits per heavy atom. The number of fused-ring (bicyclic) bond motifs is 1. The van der Waals surface area contributed by atoms with E-state index in [1.54, 1.807) is 0 Å². The van der Waals surface area contributed by atoms with Gasteiger partial charge in [0.25, 0.3) is 0 Å². The van der Waals surface area contributed by atoms with E-state index in [4.69, 9.17) is 4.52 Å². The fourth-order valence-corrected chi connectivity index (χ4v) is 3.35. The van der Waals surface area contributed by atoms with E-state index in [9.17, 15) is 14.7 Å². The van der Waals surface area contributed by atoms with E-state index >= 15 is 0 Å². The molecule has 0 fully saturated rings. The van der Waals surface area contributed by atoms with Crippen LogP contribution in [0, 0.1) is 0 Å². The first kappa shape index (κ1) is 20.5. The van der Waals surface area contributed by atoms with Gasteiger partial charge < -0.3 is 14.9 Å². The molecule has 0 aliphatic carbocycles. The molecule has 29 heavy (non-hydrogen) atoms. The van der Waals surface area contributed by atoms with E-state index in [-0.39, 0.29) is 18.7 Å². The van der Waals surface area contributed by atoms with Gasteiger partial charge in [-0.25, -0.2) is 0 Å². The van der Waals surface area contributed by atoms with Crippen LogP contribution < -0.4 is 5.32 Å². The van der Waals surface area contributed by atoms with Gasteiger partial charge in [-0.15, -0.1) is 0 Å². The Morgan fingerprint density at radius 2 is 1.93 bits per heavy atom. The molecule has 0 saturated heterocycles. The lowest BCUT2D eigenvalue weighted by molar-refractivity contribution is -0.137. The number of amides is 1. The molecule has 2 aromatic carbocycles. The first-order valence-corrected chi connectivity index (χ1v) is 9.87. The maximum absolute atomic E-state index is 12.5. The normalized spacial score (nSPS) is 12.0. The summed E-state index contributed by atoms with van der Waals surface area (Å²) in [7, 11) is 0. The first-order valence-electron chi connectivity index (χ1n) is 9.87. The van der Waals surface area contributed by atoms with Crippen molar-refractivity contribution in [2.24, 2.45) is 0 Å². The third kappa shape index (κ3) is 5.63. The minimum Gasteiger partial charge on any atom is -0.481 e. The Bertz CT molecular complexity index is 978. The Kier molecular flexibility index (Phi) is 6.94. The maximum Gasteiger partial charge on any atom is 0.305 e. The van der Waals surface area contributed by atoms with Crippen molar-refractivity contribution in [3.63, 3.8) is 0 Å². The van der Waals surface area contributed by atoms with Crippen molar-refractivity contribution in [2.45, 2.75) is 51.5 Å². The largest absolute Gasteiger partial charge is 0.481 e. The molecular formula is C22H25N3O4. The van der Waals surface area contributed by atoms with Crippen molar-refractivity contribution in [2.75, 3.05) is 0 Å². The van der Waals surface area contributed by atoms with Crippen LogP contribution in [-0.2, 0) is 22.4 Å². The number of rotatable bonds is 10. The summed E-state index contributed by atoms with van der Waals surface area (Å²) in [6.07, 6.45) is 2.86. The van der Waals surface area contributed by atoms with Gasteiger partial charge in [0.05, 0.1) is 12.5 Å². The molecule has 3 rings (SSSR count). The van der Waals surface area contributed by atoms with Crippen LogP contribution in [0.2, 0.25) is 0 Å². The number of nitrogens with one attached hydrogen (secondary N) is 1. The molecular weight excluding hydrogens is 370 g/mol. The van der Waals surface area contributed by atoms with E-state index in [2.05, 4.69) is 15.5 Å². The minimum atomic E-state index is -0.961. The fourth-order valence-electron chi connectivity index (χ4n) is 3.35. The predicted octanol–water partition coefficient (Wildman–Crippen LogP) is 3.83. The number of aromatic nitrogens is 2. The first-order chi connectivity index (χ1) is 14.1. The van der Waals surface area contributed by atoms with Crippen molar-refractivity contribution in [1.29, 1.82) is 0 Å². The Hall–Kier alpha value is -3.22. The molecule has 0 saturated carbocycles. The molecule has 1 atom stereocenters. The van der Waals surface area contributed by atoms with Crippen LogP contribution in [-0.4, -0.2) is 27.1 Å². The number of carboxylic acids is 1. The Morgan fingerprint density at radius 1 is 1.14 bits per heavy atom.